The normalized spacial score (nSPS) is 14.6. The maximum absolute atomic E-state index is 2.47. The van der Waals surface area contributed by atoms with Crippen molar-refractivity contribution in [3.8, 4) is 55.6 Å². The highest BCUT2D eigenvalue weighted by Gasteiger charge is 2.37. The van der Waals surface area contributed by atoms with Crippen molar-refractivity contribution in [3.05, 3.63) is 192 Å². The Morgan fingerprint density at radius 1 is 0.278 bits per heavy atom. The Balaban J connectivity index is 1.04. The summed E-state index contributed by atoms with van der Waals surface area (Å²) in [6, 6.07) is 64.0. The van der Waals surface area contributed by atoms with Crippen LogP contribution >= 0.6 is 0 Å². The zero-order valence-corrected chi connectivity index (χ0v) is 31.2. The van der Waals surface area contributed by atoms with Crippen LogP contribution in [0.15, 0.2) is 170 Å². The molecule has 0 radical (unpaired) electrons. The lowest BCUT2D eigenvalue weighted by molar-refractivity contribution is 0.660. The standard InChI is InChI=1S/C54H40/c1-53(2)47-20-12-11-15-39(47)40-27-25-38(32-49(40)53)52-43-18-9-7-16-41(43)51(42-17-8-10-19-44(42)52)34-23-21-33(22-24-34)37-26-28-48-45(30-37)46-29-35-13-5-6-14-36(35)31-50(46)54(48,3)4/h5-32H,1-4H3. The Labute approximate surface area is 317 Å². The first-order valence-corrected chi connectivity index (χ1v) is 19.3. The maximum Gasteiger partial charge on any atom is 0.0159 e. The summed E-state index contributed by atoms with van der Waals surface area (Å²) < 4.78 is 0. The maximum atomic E-state index is 2.47. The SMILES string of the molecule is CC1(C)c2ccccc2-c2ccc(-c3c4ccccc4c(-c4ccc(-c5ccc6c(c5)-c5cc7ccccc7cc5C6(C)C)cc4)c4ccccc34)cc21. The monoisotopic (exact) mass is 688 g/mol. The Morgan fingerprint density at radius 2 is 0.722 bits per heavy atom. The molecule has 0 unspecified atom stereocenters. The fraction of sp³-hybridized carbons (Fsp3) is 0.111. The van der Waals surface area contributed by atoms with Crippen molar-refractivity contribution >= 4 is 32.3 Å². The van der Waals surface area contributed by atoms with Crippen LogP contribution < -0.4 is 0 Å². The Hall–Kier alpha value is -6.24. The topological polar surface area (TPSA) is 0 Å². The molecule has 0 heteroatoms. The van der Waals surface area contributed by atoms with Gasteiger partial charge in [-0.3, -0.25) is 0 Å². The molecular formula is C54H40. The largest absolute Gasteiger partial charge is 0.0619 e. The van der Waals surface area contributed by atoms with Gasteiger partial charge in [0.05, 0.1) is 0 Å². The van der Waals surface area contributed by atoms with Gasteiger partial charge in [0.1, 0.15) is 0 Å². The van der Waals surface area contributed by atoms with E-state index >= 15 is 0 Å². The Kier molecular flexibility index (Phi) is 6.46. The molecule has 0 nitrogen and oxygen atoms in total. The smallest absolute Gasteiger partial charge is 0.0159 e. The van der Waals surface area contributed by atoms with Crippen LogP contribution in [0, 0.1) is 0 Å². The molecule has 256 valence electrons. The molecule has 0 aliphatic heterocycles. The number of hydrogen-bond donors (Lipinski definition) is 0. The lowest BCUT2D eigenvalue weighted by Gasteiger charge is -2.23. The highest BCUT2D eigenvalue weighted by molar-refractivity contribution is 6.21. The van der Waals surface area contributed by atoms with Gasteiger partial charge in [-0.15, -0.1) is 0 Å². The van der Waals surface area contributed by atoms with E-state index in [0.29, 0.717) is 0 Å². The zero-order valence-electron chi connectivity index (χ0n) is 31.2. The molecule has 0 saturated carbocycles. The summed E-state index contributed by atoms with van der Waals surface area (Å²) in [6.07, 6.45) is 0. The first kappa shape index (κ1) is 31.3. The van der Waals surface area contributed by atoms with Gasteiger partial charge in [0, 0.05) is 10.8 Å². The van der Waals surface area contributed by atoms with Crippen LogP contribution in [0.4, 0.5) is 0 Å². The summed E-state index contributed by atoms with van der Waals surface area (Å²) in [5.74, 6) is 0. The van der Waals surface area contributed by atoms with E-state index < -0.39 is 0 Å². The van der Waals surface area contributed by atoms with Crippen molar-refractivity contribution < 1.29 is 0 Å². The van der Waals surface area contributed by atoms with E-state index in [-0.39, 0.29) is 10.8 Å². The van der Waals surface area contributed by atoms with E-state index in [2.05, 4.69) is 198 Å². The van der Waals surface area contributed by atoms with Gasteiger partial charge in [0.25, 0.3) is 0 Å². The molecule has 0 saturated heterocycles. The van der Waals surface area contributed by atoms with Crippen LogP contribution in [0.5, 0.6) is 0 Å². The molecule has 0 aromatic heterocycles. The second-order valence-electron chi connectivity index (χ2n) is 16.5. The van der Waals surface area contributed by atoms with E-state index in [1.54, 1.807) is 0 Å². The first-order valence-electron chi connectivity index (χ1n) is 19.3. The van der Waals surface area contributed by atoms with Crippen LogP contribution in [0.1, 0.15) is 49.9 Å². The van der Waals surface area contributed by atoms with Crippen molar-refractivity contribution in [3.63, 3.8) is 0 Å². The van der Waals surface area contributed by atoms with Gasteiger partial charge in [0.15, 0.2) is 0 Å². The molecule has 0 atom stereocenters. The molecule has 11 rings (SSSR count). The third-order valence-electron chi connectivity index (χ3n) is 12.9. The molecule has 0 N–H and O–H groups in total. The molecule has 2 aliphatic carbocycles. The van der Waals surface area contributed by atoms with Crippen molar-refractivity contribution in [2.45, 2.75) is 38.5 Å². The van der Waals surface area contributed by atoms with Crippen LogP contribution in [0.3, 0.4) is 0 Å². The van der Waals surface area contributed by atoms with Gasteiger partial charge in [-0.25, -0.2) is 0 Å². The van der Waals surface area contributed by atoms with Gasteiger partial charge in [-0.2, -0.15) is 0 Å². The van der Waals surface area contributed by atoms with Crippen LogP contribution in [-0.2, 0) is 10.8 Å². The van der Waals surface area contributed by atoms with Crippen molar-refractivity contribution in [2.75, 3.05) is 0 Å². The Bertz CT molecular complexity index is 2970. The molecule has 54 heavy (non-hydrogen) atoms. The van der Waals surface area contributed by atoms with Crippen LogP contribution in [0.2, 0.25) is 0 Å². The molecular weight excluding hydrogens is 649 g/mol. The average molecular weight is 689 g/mol. The van der Waals surface area contributed by atoms with Crippen molar-refractivity contribution in [1.82, 2.24) is 0 Å². The molecule has 2 aliphatic rings. The molecule has 9 aromatic carbocycles. The van der Waals surface area contributed by atoms with E-state index in [4.69, 9.17) is 0 Å². The van der Waals surface area contributed by atoms with Gasteiger partial charge >= 0.3 is 0 Å². The summed E-state index contributed by atoms with van der Waals surface area (Å²) in [7, 11) is 0. The fourth-order valence-electron chi connectivity index (χ4n) is 10.1. The predicted molar refractivity (Wildman–Crippen MR) is 230 cm³/mol. The summed E-state index contributed by atoms with van der Waals surface area (Å²) in [4.78, 5) is 0. The zero-order chi connectivity index (χ0) is 36.3. The van der Waals surface area contributed by atoms with Crippen molar-refractivity contribution in [1.29, 1.82) is 0 Å². The number of benzene rings is 9. The summed E-state index contributed by atoms with van der Waals surface area (Å²) >= 11 is 0. The van der Waals surface area contributed by atoms with E-state index in [9.17, 15) is 0 Å². The van der Waals surface area contributed by atoms with E-state index in [0.717, 1.165) is 0 Å². The first-order chi connectivity index (χ1) is 26.3. The minimum atomic E-state index is -0.0535. The third-order valence-corrected chi connectivity index (χ3v) is 12.9. The van der Waals surface area contributed by atoms with Crippen LogP contribution in [0.25, 0.3) is 88.0 Å². The van der Waals surface area contributed by atoms with Gasteiger partial charge < -0.3 is 0 Å². The molecule has 0 heterocycles. The van der Waals surface area contributed by atoms with Gasteiger partial charge in [0.2, 0.25) is 0 Å². The lowest BCUT2D eigenvalue weighted by atomic mass is 9.80. The highest BCUT2D eigenvalue weighted by atomic mass is 14.4. The summed E-state index contributed by atoms with van der Waals surface area (Å²) in [5.41, 5.74) is 18.6. The second-order valence-corrected chi connectivity index (χ2v) is 16.5. The van der Waals surface area contributed by atoms with E-state index in [1.165, 1.54) is 110 Å². The second kappa shape index (κ2) is 11.1. The molecule has 9 aromatic rings. The predicted octanol–water partition coefficient (Wildman–Crippen LogP) is 14.8. The summed E-state index contributed by atoms with van der Waals surface area (Å²) in [5, 5.41) is 7.75. The number of fused-ring (bicyclic) bond motifs is 9. The van der Waals surface area contributed by atoms with E-state index in [1.807, 2.05) is 0 Å². The number of rotatable bonds is 3. The minimum absolute atomic E-state index is 0.0354. The van der Waals surface area contributed by atoms with Gasteiger partial charge in [-0.05, 0) is 134 Å². The Morgan fingerprint density at radius 3 is 1.39 bits per heavy atom. The fourth-order valence-corrected chi connectivity index (χ4v) is 10.1. The van der Waals surface area contributed by atoms with Crippen molar-refractivity contribution in [2.24, 2.45) is 0 Å². The van der Waals surface area contributed by atoms with Gasteiger partial charge in [-0.1, -0.05) is 173 Å². The lowest BCUT2D eigenvalue weighted by Crippen LogP contribution is -2.14. The molecule has 0 amide bonds. The average Bonchev–Trinajstić information content (AvgIpc) is 3.57. The summed E-state index contributed by atoms with van der Waals surface area (Å²) in [6.45, 7) is 9.47. The molecule has 0 spiro atoms. The molecule has 0 fully saturated rings. The molecule has 0 bridgehead atoms. The minimum Gasteiger partial charge on any atom is -0.0619 e. The van der Waals surface area contributed by atoms with Crippen LogP contribution in [-0.4, -0.2) is 0 Å². The highest BCUT2D eigenvalue weighted by Crippen LogP contribution is 2.53. The quantitative estimate of drug-likeness (QED) is 0.162. The third kappa shape index (κ3) is 4.32. The number of hydrogen-bond acceptors (Lipinski definition) is 0.